The first kappa shape index (κ1) is 35.7. The molecular formula is C40H38O4S3. The van der Waals surface area contributed by atoms with Crippen LogP contribution in [0.25, 0.3) is 10.1 Å². The Morgan fingerprint density at radius 3 is 1.64 bits per heavy atom. The van der Waals surface area contributed by atoms with Crippen LogP contribution < -0.4 is 0 Å². The van der Waals surface area contributed by atoms with Gasteiger partial charge in [-0.25, -0.2) is 9.59 Å². The summed E-state index contributed by atoms with van der Waals surface area (Å²) in [5.74, 6) is 14.6. The summed E-state index contributed by atoms with van der Waals surface area (Å²) in [6.45, 7) is 7.71. The maximum Gasteiger partial charge on any atom is 0.330 e. The molecule has 1 heterocycles. The van der Waals surface area contributed by atoms with Crippen LogP contribution in [0.3, 0.4) is 0 Å². The van der Waals surface area contributed by atoms with Gasteiger partial charge in [-0.15, -0.1) is 34.9 Å². The van der Waals surface area contributed by atoms with Gasteiger partial charge in [-0.2, -0.15) is 0 Å². The highest BCUT2D eigenvalue weighted by Crippen LogP contribution is 2.26. The quantitative estimate of drug-likeness (QED) is 0.0387. The van der Waals surface area contributed by atoms with E-state index in [1.54, 1.807) is 11.3 Å². The van der Waals surface area contributed by atoms with E-state index in [1.165, 1.54) is 26.6 Å². The van der Waals surface area contributed by atoms with Gasteiger partial charge >= 0.3 is 11.9 Å². The maximum absolute atomic E-state index is 11.1. The Bertz CT molecular complexity index is 1670. The number of esters is 2. The second kappa shape index (κ2) is 20.2. The van der Waals surface area contributed by atoms with Crippen molar-refractivity contribution in [2.75, 3.05) is 24.7 Å². The molecule has 0 saturated carbocycles. The minimum atomic E-state index is -0.355. The molecule has 0 aliphatic carbocycles. The van der Waals surface area contributed by atoms with Gasteiger partial charge in [-0.3, -0.25) is 0 Å². The molecule has 0 N–H and O–H groups in total. The first-order valence-electron chi connectivity index (χ1n) is 15.6. The number of carbonyl (C=O) groups is 2. The number of fused-ring (bicyclic) bond motifs is 1. The lowest BCUT2D eigenvalue weighted by molar-refractivity contribution is -0.138. The summed E-state index contributed by atoms with van der Waals surface area (Å²) in [6.07, 6.45) is 8.35. The molecule has 47 heavy (non-hydrogen) atoms. The number of unbranched alkanes of at least 4 members (excludes halogenated alkanes) is 4. The summed E-state index contributed by atoms with van der Waals surface area (Å²) < 4.78 is 11.2. The summed E-state index contributed by atoms with van der Waals surface area (Å²) in [5, 5.41) is 1.15. The van der Waals surface area contributed by atoms with Gasteiger partial charge in [-0.1, -0.05) is 36.8 Å². The van der Waals surface area contributed by atoms with E-state index in [0.717, 1.165) is 77.0 Å². The molecule has 4 rings (SSSR count). The fourth-order valence-electron chi connectivity index (χ4n) is 4.34. The topological polar surface area (TPSA) is 52.6 Å². The molecule has 4 nitrogen and oxygen atoms in total. The van der Waals surface area contributed by atoms with E-state index in [2.05, 4.69) is 110 Å². The van der Waals surface area contributed by atoms with Gasteiger partial charge in [0.05, 0.1) is 18.1 Å². The highest BCUT2D eigenvalue weighted by molar-refractivity contribution is 7.99. The second-order valence-electron chi connectivity index (χ2n) is 10.5. The van der Waals surface area contributed by atoms with Crippen molar-refractivity contribution in [3.63, 3.8) is 0 Å². The van der Waals surface area contributed by atoms with Crippen LogP contribution in [0.1, 0.15) is 60.1 Å². The van der Waals surface area contributed by atoms with Crippen molar-refractivity contribution in [1.82, 2.24) is 0 Å². The minimum absolute atomic E-state index is 0.355. The molecule has 7 heteroatoms. The predicted molar refractivity (Wildman–Crippen MR) is 198 cm³/mol. The zero-order valence-corrected chi connectivity index (χ0v) is 28.9. The van der Waals surface area contributed by atoms with Gasteiger partial charge in [0, 0.05) is 43.3 Å². The number of hydrogen-bond acceptors (Lipinski definition) is 7. The van der Waals surface area contributed by atoms with E-state index >= 15 is 0 Å². The molecule has 0 fully saturated rings. The number of thiophene rings is 1. The van der Waals surface area contributed by atoms with Crippen LogP contribution in [0.4, 0.5) is 0 Å². The molecule has 0 spiro atoms. The third-order valence-electron chi connectivity index (χ3n) is 6.84. The number of carbonyl (C=O) groups excluding carboxylic acids is 2. The molecule has 0 atom stereocenters. The number of rotatable bonds is 16. The van der Waals surface area contributed by atoms with Gasteiger partial charge < -0.3 is 9.47 Å². The lowest BCUT2D eigenvalue weighted by Gasteiger charge is -2.03. The Kier molecular flexibility index (Phi) is 15.3. The van der Waals surface area contributed by atoms with Crippen LogP contribution in [-0.2, 0) is 19.1 Å². The van der Waals surface area contributed by atoms with Crippen molar-refractivity contribution in [1.29, 1.82) is 0 Å². The average molecular weight is 679 g/mol. The Hall–Kier alpha value is -4.14. The summed E-state index contributed by atoms with van der Waals surface area (Å²) in [6, 6.07) is 25.2. The van der Waals surface area contributed by atoms with Crippen molar-refractivity contribution in [2.45, 2.75) is 48.3 Å². The minimum Gasteiger partial charge on any atom is -0.463 e. The third-order valence-corrected chi connectivity index (χ3v) is 10.1. The lowest BCUT2D eigenvalue weighted by atomic mass is 10.1. The number of hydrogen-bond donors (Lipinski definition) is 0. The second-order valence-corrected chi connectivity index (χ2v) is 13.9. The Morgan fingerprint density at radius 1 is 0.617 bits per heavy atom. The normalized spacial score (nSPS) is 10.3. The van der Waals surface area contributed by atoms with E-state index in [4.69, 9.17) is 9.47 Å². The maximum atomic E-state index is 11.1. The van der Waals surface area contributed by atoms with Crippen LogP contribution in [-0.4, -0.2) is 36.7 Å². The van der Waals surface area contributed by atoms with Crippen LogP contribution in [0, 0.1) is 23.7 Å². The molecule has 0 radical (unpaired) electrons. The Balaban J connectivity index is 1.20. The lowest BCUT2D eigenvalue weighted by Crippen LogP contribution is -2.01. The molecule has 1 aromatic heterocycles. The predicted octanol–water partition coefficient (Wildman–Crippen LogP) is 9.68. The SMILES string of the molecule is C=CC(=O)OCCCCCSc1ccc(C#Cc2ccc3sc(C#Cc4ccc(SCCCCCOC(=O)C=C)cc4)cc3c2)cc1. The number of thioether (sulfide) groups is 2. The third kappa shape index (κ3) is 13.2. The van der Waals surface area contributed by atoms with Gasteiger partial charge in [0.25, 0.3) is 0 Å². The molecular weight excluding hydrogens is 641 g/mol. The Morgan fingerprint density at radius 2 is 1.11 bits per heavy atom. The van der Waals surface area contributed by atoms with Crippen LogP contribution >= 0.6 is 34.9 Å². The van der Waals surface area contributed by atoms with Crippen LogP contribution in [0.5, 0.6) is 0 Å². The van der Waals surface area contributed by atoms with Crippen molar-refractivity contribution < 1.29 is 19.1 Å². The summed E-state index contributed by atoms with van der Waals surface area (Å²) in [7, 11) is 0. The number of ether oxygens (including phenoxy) is 2. The van der Waals surface area contributed by atoms with Crippen LogP contribution in [0.15, 0.2) is 108 Å². The fraction of sp³-hybridized carbons (Fsp3) is 0.250. The molecule has 0 aliphatic rings. The fourth-order valence-corrected chi connectivity index (χ4v) is 7.06. The molecule has 0 saturated heterocycles. The molecule has 3 aromatic carbocycles. The Labute approximate surface area is 291 Å². The van der Waals surface area contributed by atoms with E-state index in [1.807, 2.05) is 23.5 Å². The summed E-state index contributed by atoms with van der Waals surface area (Å²) >= 11 is 5.36. The highest BCUT2D eigenvalue weighted by Gasteiger charge is 2.02. The average Bonchev–Trinajstić information content (AvgIpc) is 3.52. The van der Waals surface area contributed by atoms with Crippen molar-refractivity contribution >= 4 is 56.9 Å². The molecule has 0 bridgehead atoms. The van der Waals surface area contributed by atoms with E-state index in [-0.39, 0.29) is 11.9 Å². The van der Waals surface area contributed by atoms with E-state index in [0.29, 0.717) is 13.2 Å². The molecule has 0 amide bonds. The zero-order chi connectivity index (χ0) is 33.1. The van der Waals surface area contributed by atoms with Gasteiger partial charge in [0.1, 0.15) is 0 Å². The summed E-state index contributed by atoms with van der Waals surface area (Å²) in [4.78, 5) is 25.6. The van der Waals surface area contributed by atoms with Gasteiger partial charge in [-0.05, 0) is 128 Å². The number of benzene rings is 3. The van der Waals surface area contributed by atoms with Gasteiger partial charge in [0.15, 0.2) is 0 Å². The summed E-state index contributed by atoms with van der Waals surface area (Å²) in [5.41, 5.74) is 2.97. The first-order chi connectivity index (χ1) is 23.0. The van der Waals surface area contributed by atoms with E-state index < -0.39 is 0 Å². The largest absolute Gasteiger partial charge is 0.463 e. The van der Waals surface area contributed by atoms with E-state index in [9.17, 15) is 9.59 Å². The van der Waals surface area contributed by atoms with Gasteiger partial charge in [0.2, 0.25) is 0 Å². The first-order valence-corrected chi connectivity index (χ1v) is 18.4. The zero-order valence-electron chi connectivity index (χ0n) is 26.4. The standard InChI is InChI=1S/C40H38O4S3/c1-3-39(41)43-25-7-5-9-27-45-35-19-13-31(14-20-35)11-12-33-18-24-38-34(29-33)30-37(47-38)23-17-32-15-21-36(22-16-32)46-28-10-6-8-26-44-40(42)4-2/h3-4,13-16,18-22,24,29-30H,1-2,5-10,25-28H2. The smallest absolute Gasteiger partial charge is 0.330 e. The molecule has 4 aromatic rings. The molecule has 240 valence electrons. The van der Waals surface area contributed by atoms with Crippen molar-refractivity contribution in [2.24, 2.45) is 0 Å². The van der Waals surface area contributed by atoms with Crippen LogP contribution in [0.2, 0.25) is 0 Å². The van der Waals surface area contributed by atoms with Crippen molar-refractivity contribution in [3.05, 3.63) is 120 Å². The highest BCUT2D eigenvalue weighted by atomic mass is 32.2. The van der Waals surface area contributed by atoms with Crippen molar-refractivity contribution in [3.8, 4) is 23.7 Å². The monoisotopic (exact) mass is 678 g/mol. The molecule has 0 aliphatic heterocycles. The molecule has 0 unspecified atom stereocenters.